The summed E-state index contributed by atoms with van der Waals surface area (Å²) in [5.74, 6) is -1.04. The van der Waals surface area contributed by atoms with Crippen molar-refractivity contribution in [3.8, 4) is 0 Å². The molecule has 0 atom stereocenters. The Bertz CT molecular complexity index is 1510. The van der Waals surface area contributed by atoms with Crippen molar-refractivity contribution in [2.24, 2.45) is 11.8 Å². The number of halogens is 2. The van der Waals surface area contributed by atoms with Crippen molar-refractivity contribution in [2.45, 2.75) is 0 Å². The topological polar surface area (TPSA) is 151 Å². The van der Waals surface area contributed by atoms with Gasteiger partial charge in [0.05, 0.1) is 172 Å². The van der Waals surface area contributed by atoms with Gasteiger partial charge < -0.3 is 66.6 Å². The summed E-state index contributed by atoms with van der Waals surface area (Å²) in [6, 6.07) is 7.71. The lowest BCUT2D eigenvalue weighted by molar-refractivity contribution is -0.125. The van der Waals surface area contributed by atoms with Crippen molar-refractivity contribution >= 4 is 77.7 Å². The van der Waals surface area contributed by atoms with Crippen molar-refractivity contribution in [1.82, 2.24) is 9.80 Å². The number of ether oxygens (including phenoxy) is 12. The smallest absolute Gasteiger partial charge is 0.261 e. The highest BCUT2D eigenvalue weighted by Gasteiger charge is 2.50. The molecule has 0 saturated carbocycles. The van der Waals surface area contributed by atoms with Crippen molar-refractivity contribution in [2.75, 3.05) is 174 Å². The van der Waals surface area contributed by atoms with Gasteiger partial charge in [-0.2, -0.15) is 0 Å². The summed E-state index contributed by atoms with van der Waals surface area (Å²) in [5, 5.41) is 0. The molecule has 2 aliphatic heterocycles. The number of hydrogen-bond donors (Lipinski definition) is 0. The first kappa shape index (κ1) is 52.9. The van der Waals surface area contributed by atoms with Gasteiger partial charge in [-0.1, -0.05) is 0 Å². The van der Waals surface area contributed by atoms with E-state index in [4.69, 9.17) is 56.8 Å². The molecule has 350 valence electrons. The predicted octanol–water partition coefficient (Wildman–Crippen LogP) is 5.09. The highest BCUT2D eigenvalue weighted by atomic mass is 79.9. The molecule has 4 heterocycles. The van der Waals surface area contributed by atoms with Crippen LogP contribution in [0, 0.1) is 11.8 Å². The second-order valence-corrected chi connectivity index (χ2v) is 18.9. The first-order valence-electron chi connectivity index (χ1n) is 20.6. The zero-order valence-electron chi connectivity index (χ0n) is 36.2. The van der Waals surface area contributed by atoms with Gasteiger partial charge in [0.25, 0.3) is 11.8 Å². The van der Waals surface area contributed by atoms with Gasteiger partial charge in [0, 0.05) is 53.4 Å². The van der Waals surface area contributed by atoms with Gasteiger partial charge >= 0.3 is 0 Å². The summed E-state index contributed by atoms with van der Waals surface area (Å²) in [7, 11) is 6.50. The van der Waals surface area contributed by atoms with Crippen molar-refractivity contribution in [3.05, 3.63) is 52.7 Å². The van der Waals surface area contributed by atoms with E-state index >= 15 is 9.59 Å². The lowest BCUT2D eigenvalue weighted by Crippen LogP contribution is -2.38. The summed E-state index contributed by atoms with van der Waals surface area (Å²) in [5.41, 5.74) is 1.84. The Balaban J connectivity index is 1.62. The maximum atomic E-state index is 15.1. The second kappa shape index (κ2) is 31.3. The number of carbonyl (C=O) groups excluding carboxylic acids is 2. The molecule has 0 spiro atoms. The molecule has 0 radical (unpaired) electrons. The van der Waals surface area contributed by atoms with E-state index < -0.39 is 0 Å². The van der Waals surface area contributed by atoms with E-state index in [0.717, 1.165) is 17.3 Å². The summed E-state index contributed by atoms with van der Waals surface area (Å²) < 4.78 is 68.8. The Hall–Kier alpha value is -1.70. The van der Waals surface area contributed by atoms with Gasteiger partial charge in [-0.05, 0) is 56.1 Å². The van der Waals surface area contributed by atoms with Gasteiger partial charge in [-0.3, -0.25) is 9.59 Å². The number of methoxy groups -OCH3 is 4. The molecular formula is C42H62Br2N2O14S2. The van der Waals surface area contributed by atoms with Gasteiger partial charge in [0.1, 0.15) is 0 Å². The third-order valence-corrected chi connectivity index (χ3v) is 12.6. The van der Waals surface area contributed by atoms with E-state index in [1.54, 1.807) is 38.2 Å². The maximum absolute atomic E-state index is 15.1. The number of hydrogen-bond acceptors (Lipinski definition) is 16. The van der Waals surface area contributed by atoms with Gasteiger partial charge in [-0.15, -0.1) is 22.7 Å². The fourth-order valence-corrected chi connectivity index (χ4v) is 9.31. The highest BCUT2D eigenvalue weighted by Crippen LogP contribution is 2.49. The standard InChI is InChI=1S/C42H62Br2N2O14S2/c1-49-9-13-53-17-21-57-27-31(28-58-22-18-54-14-10-50-2)25-45-39(33-5-7-35(43)61-33)37-38(41(45)47)40(34-6-8-36(44)62-34)46(42(37)48)26-32(29-59-23-19-55-15-11-51-3)30-60-24-20-56-16-12-52-4/h5-8,31-32H,9-30H2,1-4H3. The minimum atomic E-state index is -0.267. The van der Waals surface area contributed by atoms with E-state index in [1.165, 1.54) is 22.7 Å². The van der Waals surface area contributed by atoms with Crippen LogP contribution < -0.4 is 0 Å². The van der Waals surface area contributed by atoms with Gasteiger partial charge in [0.2, 0.25) is 0 Å². The van der Waals surface area contributed by atoms with Crippen LogP contribution in [0.2, 0.25) is 0 Å². The fraction of sp³-hybridized carbons (Fsp3) is 0.667. The third-order valence-electron chi connectivity index (χ3n) is 9.31. The number of fused-ring (bicyclic) bond motifs is 1. The molecule has 0 bridgehead atoms. The Morgan fingerprint density at radius 3 is 0.968 bits per heavy atom. The molecule has 0 fully saturated rings. The molecule has 62 heavy (non-hydrogen) atoms. The summed E-state index contributed by atoms with van der Waals surface area (Å²) >= 11 is 10.2. The SMILES string of the molecule is COCCOCCOCC(COCCOCCOC)CN1C(=O)C2=C(c3ccc(Br)s3)N(CC(COCCOCCOC)COCCOCCOC)C(=O)C2=C1c1ccc(Br)s1. The van der Waals surface area contributed by atoms with Crippen LogP contribution in [-0.4, -0.2) is 195 Å². The number of nitrogens with zero attached hydrogens (tertiary/aromatic N) is 2. The van der Waals surface area contributed by atoms with Crippen LogP contribution in [-0.2, 0) is 66.4 Å². The first-order chi connectivity index (χ1) is 30.3. The number of rotatable bonds is 38. The average Bonchev–Trinajstić information content (AvgIpc) is 4.03. The lowest BCUT2D eigenvalue weighted by atomic mass is 10.1. The van der Waals surface area contributed by atoms with E-state index in [1.807, 2.05) is 24.3 Å². The molecule has 20 heteroatoms. The molecule has 0 aromatic carbocycles. The predicted molar refractivity (Wildman–Crippen MR) is 242 cm³/mol. The molecule has 2 aliphatic rings. The quantitative estimate of drug-likeness (QED) is 0.0822. The molecule has 2 aromatic heterocycles. The molecule has 0 N–H and O–H groups in total. The average molecular weight is 1040 g/mol. The van der Waals surface area contributed by atoms with Crippen LogP contribution in [0.3, 0.4) is 0 Å². The van der Waals surface area contributed by atoms with Gasteiger partial charge in [-0.25, -0.2) is 0 Å². The summed E-state index contributed by atoms with van der Waals surface area (Å²) in [6.45, 7) is 8.44. The Kier molecular flexibility index (Phi) is 26.7. The van der Waals surface area contributed by atoms with Crippen LogP contribution >= 0.6 is 54.5 Å². The van der Waals surface area contributed by atoms with Crippen LogP contribution in [0.15, 0.2) is 43.0 Å². The molecule has 16 nitrogen and oxygen atoms in total. The third kappa shape index (κ3) is 17.6. The van der Waals surface area contributed by atoms with E-state index in [-0.39, 0.29) is 36.7 Å². The van der Waals surface area contributed by atoms with E-state index in [9.17, 15) is 0 Å². The maximum Gasteiger partial charge on any atom is 0.261 e. The molecular weight excluding hydrogens is 980 g/mol. The summed E-state index contributed by atoms with van der Waals surface area (Å²) in [6.07, 6.45) is 0. The zero-order valence-corrected chi connectivity index (χ0v) is 41.0. The molecule has 0 saturated heterocycles. The number of carbonyl (C=O) groups is 2. The van der Waals surface area contributed by atoms with Crippen LogP contribution in [0.25, 0.3) is 11.4 Å². The Morgan fingerprint density at radius 1 is 0.435 bits per heavy atom. The number of thiophene rings is 2. The molecule has 2 amide bonds. The lowest BCUT2D eigenvalue weighted by Gasteiger charge is -2.29. The molecule has 0 unspecified atom stereocenters. The number of amides is 2. The van der Waals surface area contributed by atoms with E-state index in [2.05, 4.69) is 31.9 Å². The Labute approximate surface area is 390 Å². The normalized spacial score (nSPS) is 14.4. The molecule has 2 aromatic rings. The zero-order chi connectivity index (χ0) is 44.4. The van der Waals surface area contributed by atoms with Crippen LogP contribution in [0.4, 0.5) is 0 Å². The van der Waals surface area contributed by atoms with Crippen molar-refractivity contribution in [1.29, 1.82) is 0 Å². The van der Waals surface area contributed by atoms with Gasteiger partial charge in [0.15, 0.2) is 0 Å². The highest BCUT2D eigenvalue weighted by molar-refractivity contribution is 9.11. The second-order valence-electron chi connectivity index (χ2n) is 13.9. The van der Waals surface area contributed by atoms with Crippen molar-refractivity contribution < 1.29 is 66.4 Å². The molecule has 4 rings (SSSR count). The minimum Gasteiger partial charge on any atom is -0.382 e. The monoisotopic (exact) mass is 1040 g/mol. The fourth-order valence-electron chi connectivity index (χ4n) is 6.41. The van der Waals surface area contributed by atoms with Crippen molar-refractivity contribution in [3.63, 3.8) is 0 Å². The minimum absolute atomic E-state index is 0.240. The van der Waals surface area contributed by atoms with Crippen LogP contribution in [0.1, 0.15) is 9.75 Å². The Morgan fingerprint density at radius 2 is 0.710 bits per heavy atom. The molecule has 0 aliphatic carbocycles. The van der Waals surface area contributed by atoms with E-state index in [0.29, 0.717) is 155 Å². The van der Waals surface area contributed by atoms with Crippen LogP contribution in [0.5, 0.6) is 0 Å². The largest absolute Gasteiger partial charge is 0.382 e. The first-order valence-corrected chi connectivity index (χ1v) is 23.8. The summed E-state index contributed by atoms with van der Waals surface area (Å²) in [4.78, 5) is 35.1.